The maximum absolute atomic E-state index is 6.33. The number of nitrogens with one attached hydrogen (secondary N) is 1. The predicted octanol–water partition coefficient (Wildman–Crippen LogP) is 4.58. The van der Waals surface area contributed by atoms with Crippen LogP contribution in [0, 0.1) is 0 Å². The molecule has 126 valence electrons. The van der Waals surface area contributed by atoms with Crippen LogP contribution in [0.1, 0.15) is 5.56 Å². The summed E-state index contributed by atoms with van der Waals surface area (Å²) in [4.78, 5) is 10.8. The van der Waals surface area contributed by atoms with Crippen LogP contribution in [-0.4, -0.2) is 23.6 Å². The van der Waals surface area contributed by atoms with E-state index in [9.17, 15) is 0 Å². The minimum Gasteiger partial charge on any atom is -0.493 e. The Balaban J connectivity index is 1.82. The van der Waals surface area contributed by atoms with Gasteiger partial charge in [-0.1, -0.05) is 29.8 Å². The van der Waals surface area contributed by atoms with Gasteiger partial charge in [-0.3, -0.25) is 0 Å². The molecule has 0 saturated carbocycles. The van der Waals surface area contributed by atoms with Gasteiger partial charge < -0.3 is 15.0 Å². The van der Waals surface area contributed by atoms with Gasteiger partial charge in [0.15, 0.2) is 5.82 Å². The Bertz CT molecular complexity index is 915. The third-order valence-electron chi connectivity index (χ3n) is 4.09. The maximum Gasteiger partial charge on any atom is 0.229 e. The van der Waals surface area contributed by atoms with Crippen LogP contribution in [0.5, 0.6) is 5.75 Å². The number of fused-ring (bicyclic) bond motifs is 6. The van der Waals surface area contributed by atoms with Crippen LogP contribution in [0.25, 0.3) is 0 Å². The summed E-state index contributed by atoms with van der Waals surface area (Å²) in [6, 6.07) is 16.0. The predicted molar refractivity (Wildman–Crippen MR) is 100 cm³/mol. The van der Waals surface area contributed by atoms with Gasteiger partial charge in [0.25, 0.3) is 0 Å². The molecule has 0 spiro atoms. The molecule has 25 heavy (non-hydrogen) atoms. The Morgan fingerprint density at radius 2 is 2.04 bits per heavy atom. The van der Waals surface area contributed by atoms with Gasteiger partial charge in [0.1, 0.15) is 10.8 Å². The van der Waals surface area contributed by atoms with Crippen LogP contribution in [0.4, 0.5) is 23.1 Å². The van der Waals surface area contributed by atoms with Crippen molar-refractivity contribution < 1.29 is 4.74 Å². The van der Waals surface area contributed by atoms with E-state index in [0.717, 1.165) is 23.5 Å². The van der Waals surface area contributed by atoms with E-state index in [-0.39, 0.29) is 0 Å². The lowest BCUT2D eigenvalue weighted by atomic mass is 10.1. The van der Waals surface area contributed by atoms with Gasteiger partial charge in [0.2, 0.25) is 5.95 Å². The Hall–Kier alpha value is -2.79. The number of halogens is 1. The fraction of sp³-hybridized carbons (Fsp3) is 0.158. The number of anilines is 4. The molecule has 6 heteroatoms. The molecular formula is C19H17ClN4O. The Morgan fingerprint density at radius 1 is 1.16 bits per heavy atom. The Labute approximate surface area is 151 Å². The highest BCUT2D eigenvalue weighted by Gasteiger charge is 2.14. The molecule has 1 aliphatic heterocycles. The molecule has 0 fully saturated rings. The minimum atomic E-state index is 0.486. The van der Waals surface area contributed by atoms with Gasteiger partial charge >= 0.3 is 0 Å². The summed E-state index contributed by atoms with van der Waals surface area (Å²) in [5.41, 5.74) is 3.06. The Kier molecular flexibility index (Phi) is 4.15. The molecule has 0 aliphatic carbocycles. The van der Waals surface area contributed by atoms with Crippen LogP contribution >= 0.6 is 11.6 Å². The zero-order valence-electron chi connectivity index (χ0n) is 13.7. The summed E-state index contributed by atoms with van der Waals surface area (Å²) in [7, 11) is 1.92. The van der Waals surface area contributed by atoms with Crippen LogP contribution in [0.3, 0.4) is 0 Å². The SMILES string of the molecule is CN1c2cccc(c2)OCCc2cccc(c2)Nc2ncc(Cl)c1n2. The van der Waals surface area contributed by atoms with Crippen molar-refractivity contribution in [1.82, 2.24) is 9.97 Å². The summed E-state index contributed by atoms with van der Waals surface area (Å²) < 4.78 is 5.91. The fourth-order valence-corrected chi connectivity index (χ4v) is 3.00. The van der Waals surface area contributed by atoms with Crippen molar-refractivity contribution >= 4 is 34.7 Å². The monoisotopic (exact) mass is 352 g/mol. The van der Waals surface area contributed by atoms with E-state index in [1.165, 1.54) is 5.56 Å². The standard InChI is InChI=1S/C19H17ClN4O/c1-24-15-6-3-7-16(11-15)25-9-8-13-4-2-5-14(10-13)22-19-21-12-17(20)18(24)23-19/h2-7,10-12H,8-9H2,1H3,(H,21,22,23). The molecule has 2 aromatic carbocycles. The van der Waals surface area contributed by atoms with E-state index in [2.05, 4.69) is 27.4 Å². The molecule has 1 aromatic heterocycles. The minimum absolute atomic E-state index is 0.486. The molecule has 3 aromatic rings. The first kappa shape index (κ1) is 15.7. The molecule has 5 nitrogen and oxygen atoms in total. The van der Waals surface area contributed by atoms with Gasteiger partial charge in [0, 0.05) is 30.9 Å². The lowest BCUT2D eigenvalue weighted by molar-refractivity contribution is 0.322. The molecule has 0 unspecified atom stereocenters. The number of benzene rings is 2. The van der Waals surface area contributed by atoms with E-state index in [1.54, 1.807) is 6.20 Å². The summed E-state index contributed by atoms with van der Waals surface area (Å²) in [5, 5.41) is 3.73. The first-order chi connectivity index (χ1) is 12.2. The van der Waals surface area contributed by atoms with Gasteiger partial charge in [-0.2, -0.15) is 4.98 Å². The Morgan fingerprint density at radius 3 is 2.96 bits per heavy atom. The first-order valence-electron chi connectivity index (χ1n) is 8.04. The van der Waals surface area contributed by atoms with Gasteiger partial charge in [0.05, 0.1) is 12.8 Å². The van der Waals surface area contributed by atoms with E-state index >= 15 is 0 Å². The summed E-state index contributed by atoms with van der Waals surface area (Å²) in [6.45, 7) is 0.610. The summed E-state index contributed by atoms with van der Waals surface area (Å²) >= 11 is 6.33. The molecule has 1 N–H and O–H groups in total. The highest BCUT2D eigenvalue weighted by molar-refractivity contribution is 6.33. The number of rotatable bonds is 0. The lowest BCUT2D eigenvalue weighted by Gasteiger charge is -2.21. The van der Waals surface area contributed by atoms with Crippen molar-refractivity contribution in [2.24, 2.45) is 0 Å². The van der Waals surface area contributed by atoms with Crippen molar-refractivity contribution in [1.29, 1.82) is 0 Å². The maximum atomic E-state index is 6.33. The van der Waals surface area contributed by atoms with Crippen molar-refractivity contribution in [3.05, 3.63) is 65.3 Å². The van der Waals surface area contributed by atoms with Crippen molar-refractivity contribution in [3.63, 3.8) is 0 Å². The van der Waals surface area contributed by atoms with Crippen molar-refractivity contribution in [2.45, 2.75) is 6.42 Å². The molecule has 0 amide bonds. The average Bonchev–Trinajstić information content (AvgIpc) is 2.63. The third kappa shape index (κ3) is 3.37. The largest absolute Gasteiger partial charge is 0.493 e. The van der Waals surface area contributed by atoms with Gasteiger partial charge in [-0.25, -0.2) is 4.98 Å². The topological polar surface area (TPSA) is 50.3 Å². The van der Waals surface area contributed by atoms with E-state index < -0.39 is 0 Å². The van der Waals surface area contributed by atoms with Gasteiger partial charge in [-0.15, -0.1) is 0 Å². The quantitative estimate of drug-likeness (QED) is 0.642. The number of aromatic nitrogens is 2. The summed E-state index contributed by atoms with van der Waals surface area (Å²) in [5.74, 6) is 1.96. The second-order valence-electron chi connectivity index (χ2n) is 5.85. The van der Waals surface area contributed by atoms with Crippen LogP contribution in [-0.2, 0) is 6.42 Å². The lowest BCUT2D eigenvalue weighted by Crippen LogP contribution is -2.14. The smallest absolute Gasteiger partial charge is 0.229 e. The third-order valence-corrected chi connectivity index (χ3v) is 4.36. The van der Waals surface area contributed by atoms with Crippen LogP contribution < -0.4 is 15.0 Å². The number of ether oxygens (including phenoxy) is 1. The number of nitrogens with zero attached hydrogens (tertiary/aromatic N) is 3. The van der Waals surface area contributed by atoms with Crippen LogP contribution in [0.15, 0.2) is 54.7 Å². The molecule has 1 aliphatic rings. The molecule has 2 heterocycles. The molecule has 0 atom stereocenters. The molecule has 0 saturated heterocycles. The van der Waals surface area contributed by atoms with E-state index in [0.29, 0.717) is 23.4 Å². The highest BCUT2D eigenvalue weighted by Crippen LogP contribution is 2.31. The second kappa shape index (κ2) is 6.61. The van der Waals surface area contributed by atoms with Crippen LogP contribution in [0.2, 0.25) is 5.02 Å². The first-order valence-corrected chi connectivity index (χ1v) is 8.42. The zero-order valence-corrected chi connectivity index (χ0v) is 14.5. The fourth-order valence-electron chi connectivity index (χ4n) is 2.78. The van der Waals surface area contributed by atoms with Gasteiger partial charge in [-0.05, 0) is 29.8 Å². The van der Waals surface area contributed by atoms with E-state index in [1.807, 2.05) is 48.3 Å². The average molecular weight is 353 g/mol. The second-order valence-corrected chi connectivity index (χ2v) is 6.25. The van der Waals surface area contributed by atoms with Crippen molar-refractivity contribution in [3.8, 4) is 5.75 Å². The van der Waals surface area contributed by atoms with Crippen molar-refractivity contribution in [2.75, 3.05) is 23.9 Å². The molecular weight excluding hydrogens is 336 g/mol. The number of hydrogen-bond donors (Lipinski definition) is 1. The zero-order chi connectivity index (χ0) is 17.2. The molecule has 4 rings (SSSR count). The van der Waals surface area contributed by atoms with E-state index in [4.69, 9.17) is 16.3 Å². The summed E-state index contributed by atoms with van der Waals surface area (Å²) in [6.07, 6.45) is 2.43. The molecule has 6 bridgehead atoms. The normalized spacial score (nSPS) is 13.4. The number of hydrogen-bond acceptors (Lipinski definition) is 5. The molecule has 0 radical (unpaired) electrons. The highest BCUT2D eigenvalue weighted by atomic mass is 35.5.